The average molecular weight is 311 g/mol. The molecule has 2 unspecified atom stereocenters. The summed E-state index contributed by atoms with van der Waals surface area (Å²) >= 11 is 0. The molecule has 0 aliphatic rings. The Labute approximate surface area is 138 Å². The van der Waals surface area contributed by atoms with E-state index in [1.54, 1.807) is 0 Å². The predicted octanol–water partition coefficient (Wildman–Crippen LogP) is 3.97. The van der Waals surface area contributed by atoms with E-state index in [2.05, 4.69) is 19.2 Å². The summed E-state index contributed by atoms with van der Waals surface area (Å²) in [4.78, 5) is 11.1. The summed E-state index contributed by atoms with van der Waals surface area (Å²) in [6.07, 6.45) is 1.99. The largest absolute Gasteiger partial charge is 0.489 e. The molecule has 0 spiro atoms. The molecule has 0 saturated carbocycles. The summed E-state index contributed by atoms with van der Waals surface area (Å²) in [5, 5.41) is 3.30. The lowest BCUT2D eigenvalue weighted by molar-refractivity contribution is -0.110. The van der Waals surface area contributed by atoms with Crippen LogP contribution >= 0.6 is 0 Å². The molecular weight excluding hydrogens is 286 g/mol. The van der Waals surface area contributed by atoms with Gasteiger partial charge in [0.2, 0.25) is 0 Å². The molecule has 2 aromatic rings. The molecular formula is C20H25NO2. The number of hydrogen-bond donors (Lipinski definition) is 1. The first-order valence-electron chi connectivity index (χ1n) is 8.17. The van der Waals surface area contributed by atoms with Gasteiger partial charge in [0, 0.05) is 6.54 Å². The molecule has 0 aromatic heterocycles. The third-order valence-corrected chi connectivity index (χ3v) is 4.12. The molecule has 2 atom stereocenters. The van der Waals surface area contributed by atoms with Crippen LogP contribution in [-0.2, 0) is 17.9 Å². The lowest BCUT2D eigenvalue weighted by atomic mass is 10.0. The van der Waals surface area contributed by atoms with Crippen LogP contribution in [-0.4, -0.2) is 12.3 Å². The molecule has 0 fully saturated rings. The van der Waals surface area contributed by atoms with E-state index >= 15 is 0 Å². The van der Waals surface area contributed by atoms with Gasteiger partial charge in [-0.25, -0.2) is 0 Å². The van der Waals surface area contributed by atoms with E-state index in [-0.39, 0.29) is 6.04 Å². The summed E-state index contributed by atoms with van der Waals surface area (Å²) in [7, 11) is 0. The first-order valence-corrected chi connectivity index (χ1v) is 8.17. The molecule has 0 aliphatic heterocycles. The van der Waals surface area contributed by atoms with E-state index in [0.717, 1.165) is 29.6 Å². The highest BCUT2D eigenvalue weighted by molar-refractivity contribution is 5.58. The molecule has 3 heteroatoms. The van der Waals surface area contributed by atoms with Crippen LogP contribution in [0, 0.1) is 5.92 Å². The van der Waals surface area contributed by atoms with Gasteiger partial charge in [-0.15, -0.1) is 0 Å². The molecule has 2 rings (SSSR count). The van der Waals surface area contributed by atoms with Gasteiger partial charge >= 0.3 is 0 Å². The van der Waals surface area contributed by atoms with Crippen LogP contribution in [0.1, 0.15) is 31.4 Å². The molecule has 0 amide bonds. The second-order valence-electron chi connectivity index (χ2n) is 5.85. The molecule has 0 saturated heterocycles. The molecule has 0 bridgehead atoms. The van der Waals surface area contributed by atoms with Crippen LogP contribution in [0.4, 0.5) is 0 Å². The Bertz CT molecular complexity index is 580. The third kappa shape index (κ3) is 5.53. The summed E-state index contributed by atoms with van der Waals surface area (Å²) in [5.74, 6) is 1.20. The predicted molar refractivity (Wildman–Crippen MR) is 93.4 cm³/mol. The third-order valence-electron chi connectivity index (χ3n) is 4.12. The zero-order valence-electron chi connectivity index (χ0n) is 13.9. The highest BCUT2D eigenvalue weighted by atomic mass is 16.5. The minimum atomic E-state index is -0.0889. The maximum Gasteiger partial charge on any atom is 0.137 e. The van der Waals surface area contributed by atoms with Crippen LogP contribution < -0.4 is 10.1 Å². The molecule has 0 aliphatic carbocycles. The van der Waals surface area contributed by atoms with Gasteiger partial charge in [-0.1, -0.05) is 62.7 Å². The fraction of sp³-hybridized carbons (Fsp3) is 0.350. The zero-order valence-corrected chi connectivity index (χ0v) is 13.9. The Hall–Kier alpha value is -2.13. The van der Waals surface area contributed by atoms with Gasteiger partial charge in [0.15, 0.2) is 0 Å². The lowest BCUT2D eigenvalue weighted by Crippen LogP contribution is -2.35. The standard InChI is InChI=1S/C20H25NO2/c1-3-16(2)20(14-22)21-13-17-9-11-19(12-10-17)23-15-18-7-5-4-6-8-18/h4-12,14,16,20-21H,3,13,15H2,1-2H3. The van der Waals surface area contributed by atoms with Crippen molar-refractivity contribution < 1.29 is 9.53 Å². The highest BCUT2D eigenvalue weighted by Gasteiger charge is 2.13. The van der Waals surface area contributed by atoms with Crippen molar-refractivity contribution >= 4 is 6.29 Å². The fourth-order valence-corrected chi connectivity index (χ4v) is 2.32. The minimum Gasteiger partial charge on any atom is -0.489 e. The van der Waals surface area contributed by atoms with Crippen molar-refractivity contribution in [1.29, 1.82) is 0 Å². The van der Waals surface area contributed by atoms with E-state index in [1.165, 1.54) is 0 Å². The number of carbonyl (C=O) groups is 1. The highest BCUT2D eigenvalue weighted by Crippen LogP contribution is 2.15. The maximum atomic E-state index is 11.1. The van der Waals surface area contributed by atoms with E-state index in [4.69, 9.17) is 4.74 Å². The lowest BCUT2D eigenvalue weighted by Gasteiger charge is -2.18. The van der Waals surface area contributed by atoms with Gasteiger partial charge in [-0.3, -0.25) is 0 Å². The molecule has 0 heterocycles. The Morgan fingerprint density at radius 1 is 1.04 bits per heavy atom. The molecule has 122 valence electrons. The Morgan fingerprint density at radius 3 is 2.35 bits per heavy atom. The Kier molecular flexibility index (Phi) is 6.82. The van der Waals surface area contributed by atoms with Crippen molar-refractivity contribution in [2.45, 2.75) is 39.5 Å². The second kappa shape index (κ2) is 9.11. The van der Waals surface area contributed by atoms with Crippen LogP contribution in [0.2, 0.25) is 0 Å². The number of rotatable bonds is 9. The monoisotopic (exact) mass is 311 g/mol. The number of nitrogens with one attached hydrogen (secondary N) is 1. The molecule has 0 radical (unpaired) electrons. The van der Waals surface area contributed by atoms with E-state index in [1.807, 2.05) is 54.6 Å². The number of hydrogen-bond acceptors (Lipinski definition) is 3. The Balaban J connectivity index is 1.83. The van der Waals surface area contributed by atoms with Crippen molar-refractivity contribution in [2.24, 2.45) is 5.92 Å². The molecule has 3 nitrogen and oxygen atoms in total. The maximum absolute atomic E-state index is 11.1. The van der Waals surface area contributed by atoms with Crippen molar-refractivity contribution in [3.05, 3.63) is 65.7 Å². The van der Waals surface area contributed by atoms with Crippen molar-refractivity contribution in [1.82, 2.24) is 5.32 Å². The smallest absolute Gasteiger partial charge is 0.137 e. The fourth-order valence-electron chi connectivity index (χ4n) is 2.32. The molecule has 23 heavy (non-hydrogen) atoms. The normalized spacial score (nSPS) is 13.3. The number of benzene rings is 2. The van der Waals surface area contributed by atoms with Crippen molar-refractivity contribution in [3.8, 4) is 5.75 Å². The van der Waals surface area contributed by atoms with Gasteiger partial charge in [0.1, 0.15) is 18.6 Å². The second-order valence-corrected chi connectivity index (χ2v) is 5.85. The summed E-state index contributed by atoms with van der Waals surface area (Å²) in [5.41, 5.74) is 2.30. The van der Waals surface area contributed by atoms with Crippen LogP contribution in [0.5, 0.6) is 5.75 Å². The number of aldehydes is 1. The number of carbonyl (C=O) groups excluding carboxylic acids is 1. The van der Waals surface area contributed by atoms with Crippen molar-refractivity contribution in [3.63, 3.8) is 0 Å². The van der Waals surface area contributed by atoms with Gasteiger partial charge < -0.3 is 14.8 Å². The first-order chi connectivity index (χ1) is 11.2. The van der Waals surface area contributed by atoms with Gasteiger partial charge in [-0.2, -0.15) is 0 Å². The van der Waals surface area contributed by atoms with Crippen LogP contribution in [0.3, 0.4) is 0 Å². The minimum absolute atomic E-state index is 0.0889. The first kappa shape index (κ1) is 17.2. The van der Waals surface area contributed by atoms with Gasteiger partial charge in [0.25, 0.3) is 0 Å². The average Bonchev–Trinajstić information content (AvgIpc) is 2.62. The molecule has 2 aromatic carbocycles. The van der Waals surface area contributed by atoms with Crippen LogP contribution in [0.15, 0.2) is 54.6 Å². The topological polar surface area (TPSA) is 38.3 Å². The van der Waals surface area contributed by atoms with Gasteiger partial charge in [-0.05, 0) is 29.2 Å². The van der Waals surface area contributed by atoms with Crippen LogP contribution in [0.25, 0.3) is 0 Å². The summed E-state index contributed by atoms with van der Waals surface area (Å²) < 4.78 is 5.77. The Morgan fingerprint density at radius 2 is 1.74 bits per heavy atom. The zero-order chi connectivity index (χ0) is 16.5. The molecule has 1 N–H and O–H groups in total. The summed E-state index contributed by atoms with van der Waals surface area (Å²) in [6.45, 7) is 5.45. The number of ether oxygens (including phenoxy) is 1. The van der Waals surface area contributed by atoms with Gasteiger partial charge in [0.05, 0.1) is 6.04 Å². The quantitative estimate of drug-likeness (QED) is 0.712. The van der Waals surface area contributed by atoms with E-state index in [0.29, 0.717) is 19.1 Å². The summed E-state index contributed by atoms with van der Waals surface area (Å²) in [6, 6.07) is 18.0. The van der Waals surface area contributed by atoms with Crippen molar-refractivity contribution in [2.75, 3.05) is 0 Å². The van der Waals surface area contributed by atoms with E-state index < -0.39 is 0 Å². The SMILES string of the molecule is CCC(C)C(C=O)NCc1ccc(OCc2ccccc2)cc1. The van der Waals surface area contributed by atoms with E-state index in [9.17, 15) is 4.79 Å².